The van der Waals surface area contributed by atoms with Crippen molar-refractivity contribution in [1.29, 1.82) is 0 Å². The quantitative estimate of drug-likeness (QED) is 0.798. The molecular formula is C11H10N4O3S. The lowest BCUT2D eigenvalue weighted by Crippen LogP contribution is -2.21. The predicted molar refractivity (Wildman–Crippen MR) is 70.7 cm³/mol. The van der Waals surface area contributed by atoms with E-state index in [0.29, 0.717) is 10.7 Å². The summed E-state index contributed by atoms with van der Waals surface area (Å²) in [5.74, 6) is -1.10. The molecule has 0 spiro atoms. The number of nitrogens with zero attached hydrogens (tertiary/aromatic N) is 2. The van der Waals surface area contributed by atoms with Crippen molar-refractivity contribution in [1.82, 2.24) is 10.2 Å². The van der Waals surface area contributed by atoms with Gasteiger partial charge in [-0.1, -0.05) is 23.5 Å². The van der Waals surface area contributed by atoms with Crippen LogP contribution in [0.4, 0.5) is 15.6 Å². The highest BCUT2D eigenvalue weighted by Gasteiger charge is 2.14. The molecule has 1 aromatic carbocycles. The predicted octanol–water partition coefficient (Wildman–Crippen LogP) is 2.19. The van der Waals surface area contributed by atoms with E-state index in [9.17, 15) is 9.59 Å². The third kappa shape index (κ3) is 3.05. The highest BCUT2D eigenvalue weighted by Crippen LogP contribution is 2.21. The zero-order valence-corrected chi connectivity index (χ0v) is 10.7. The number of urea groups is 1. The normalized spacial score (nSPS) is 9.95. The van der Waals surface area contributed by atoms with Gasteiger partial charge in [0, 0.05) is 0 Å². The molecule has 0 radical (unpaired) electrons. The zero-order chi connectivity index (χ0) is 13.8. The number of para-hydroxylation sites is 1. The molecule has 19 heavy (non-hydrogen) atoms. The van der Waals surface area contributed by atoms with Crippen molar-refractivity contribution in [3.8, 4) is 0 Å². The highest BCUT2D eigenvalue weighted by molar-refractivity contribution is 7.13. The summed E-state index contributed by atoms with van der Waals surface area (Å²) in [6.07, 6.45) is 0. The first kappa shape index (κ1) is 13.0. The van der Waals surface area contributed by atoms with E-state index in [0.717, 1.165) is 0 Å². The fourth-order valence-corrected chi connectivity index (χ4v) is 1.92. The Balaban J connectivity index is 2.19. The average molecular weight is 278 g/mol. The molecule has 0 fully saturated rings. The Morgan fingerprint density at radius 1 is 1.32 bits per heavy atom. The molecule has 0 atom stereocenters. The van der Waals surface area contributed by atoms with Gasteiger partial charge in [-0.25, -0.2) is 9.59 Å². The summed E-state index contributed by atoms with van der Waals surface area (Å²) in [6, 6.07) is 4.20. The fraction of sp³-hybridized carbons (Fsp3) is 0.0909. The molecule has 7 nitrogen and oxygen atoms in total. The van der Waals surface area contributed by atoms with Crippen molar-refractivity contribution in [2.45, 2.75) is 6.92 Å². The molecule has 1 heterocycles. The number of aromatic carboxylic acids is 1. The van der Waals surface area contributed by atoms with Crippen LogP contribution in [0.15, 0.2) is 23.7 Å². The molecule has 0 bridgehead atoms. The van der Waals surface area contributed by atoms with E-state index in [1.54, 1.807) is 19.1 Å². The first-order valence-electron chi connectivity index (χ1n) is 5.25. The minimum Gasteiger partial charge on any atom is -0.478 e. The molecule has 0 aliphatic rings. The van der Waals surface area contributed by atoms with E-state index in [-0.39, 0.29) is 11.3 Å². The second-order valence-corrected chi connectivity index (χ2v) is 4.46. The molecule has 2 amide bonds. The third-order valence-electron chi connectivity index (χ3n) is 2.32. The van der Waals surface area contributed by atoms with Crippen LogP contribution in [0, 0.1) is 6.92 Å². The van der Waals surface area contributed by atoms with Gasteiger partial charge in [-0.15, -0.1) is 10.2 Å². The molecule has 8 heteroatoms. The first-order chi connectivity index (χ1) is 9.08. The van der Waals surface area contributed by atoms with Crippen molar-refractivity contribution in [2.75, 3.05) is 10.6 Å². The van der Waals surface area contributed by atoms with Crippen molar-refractivity contribution in [3.05, 3.63) is 34.8 Å². The monoisotopic (exact) mass is 278 g/mol. The Bertz CT molecular complexity index is 612. The number of hydrogen-bond acceptors (Lipinski definition) is 5. The number of rotatable bonds is 3. The van der Waals surface area contributed by atoms with E-state index in [2.05, 4.69) is 20.8 Å². The van der Waals surface area contributed by atoms with Crippen molar-refractivity contribution in [3.63, 3.8) is 0 Å². The Hall–Kier alpha value is -2.48. The van der Waals surface area contributed by atoms with Crippen molar-refractivity contribution < 1.29 is 14.7 Å². The number of carboxylic acids is 1. The van der Waals surface area contributed by atoms with E-state index in [1.807, 2.05) is 0 Å². The lowest BCUT2D eigenvalue weighted by Gasteiger charge is -2.11. The van der Waals surface area contributed by atoms with Gasteiger partial charge in [-0.2, -0.15) is 0 Å². The topological polar surface area (TPSA) is 104 Å². The van der Waals surface area contributed by atoms with Crippen LogP contribution < -0.4 is 10.6 Å². The number of amides is 2. The van der Waals surface area contributed by atoms with Crippen LogP contribution in [0.3, 0.4) is 0 Å². The number of carbonyl (C=O) groups excluding carboxylic acids is 1. The standard InChI is InChI=1S/C11H10N4O3S/c1-6-3-2-4-7(9(16)17)8(6)13-10(18)14-11-15-12-5-19-11/h2-5H,1H3,(H,16,17)(H2,13,14,15,18). The second kappa shape index (κ2) is 5.44. The van der Waals surface area contributed by atoms with Gasteiger partial charge in [0.25, 0.3) is 0 Å². The first-order valence-corrected chi connectivity index (χ1v) is 6.13. The molecule has 0 saturated heterocycles. The summed E-state index contributed by atoms with van der Waals surface area (Å²) < 4.78 is 0. The SMILES string of the molecule is Cc1cccc(C(=O)O)c1NC(=O)Nc1nncs1. The number of nitrogens with one attached hydrogen (secondary N) is 2. The van der Waals surface area contributed by atoms with Crippen LogP contribution in [0.25, 0.3) is 0 Å². The van der Waals surface area contributed by atoms with E-state index in [1.165, 1.54) is 22.9 Å². The van der Waals surface area contributed by atoms with Crippen molar-refractivity contribution in [2.24, 2.45) is 0 Å². The van der Waals surface area contributed by atoms with E-state index < -0.39 is 12.0 Å². The van der Waals surface area contributed by atoms with Gasteiger partial charge < -0.3 is 10.4 Å². The number of benzene rings is 1. The van der Waals surface area contributed by atoms with Crippen LogP contribution in [-0.4, -0.2) is 27.3 Å². The Kier molecular flexibility index (Phi) is 3.71. The maximum atomic E-state index is 11.7. The molecule has 0 aliphatic carbocycles. The minimum atomic E-state index is -1.10. The van der Waals surface area contributed by atoms with Gasteiger partial charge in [0.2, 0.25) is 5.13 Å². The van der Waals surface area contributed by atoms with Gasteiger partial charge in [-0.3, -0.25) is 5.32 Å². The van der Waals surface area contributed by atoms with Gasteiger partial charge in [0.05, 0.1) is 11.3 Å². The summed E-state index contributed by atoms with van der Waals surface area (Å²) in [6.45, 7) is 1.72. The fourth-order valence-electron chi connectivity index (χ4n) is 1.48. The van der Waals surface area contributed by atoms with Crippen LogP contribution in [0.2, 0.25) is 0 Å². The average Bonchev–Trinajstić information content (AvgIpc) is 2.84. The lowest BCUT2D eigenvalue weighted by atomic mass is 10.1. The second-order valence-electron chi connectivity index (χ2n) is 3.63. The third-order valence-corrected chi connectivity index (χ3v) is 2.93. The van der Waals surface area contributed by atoms with E-state index >= 15 is 0 Å². The molecule has 0 aliphatic heterocycles. The number of hydrogen-bond donors (Lipinski definition) is 3. The number of aromatic nitrogens is 2. The summed E-state index contributed by atoms with van der Waals surface area (Å²) in [5.41, 5.74) is 2.43. The molecule has 2 aromatic rings. The van der Waals surface area contributed by atoms with Crippen LogP contribution in [0.1, 0.15) is 15.9 Å². The van der Waals surface area contributed by atoms with Crippen molar-refractivity contribution >= 4 is 34.2 Å². The molecule has 1 aromatic heterocycles. The van der Waals surface area contributed by atoms with Crippen LogP contribution >= 0.6 is 11.3 Å². The maximum absolute atomic E-state index is 11.7. The molecule has 98 valence electrons. The number of carboxylic acid groups (broad SMARTS) is 1. The van der Waals surface area contributed by atoms with Gasteiger partial charge in [0.1, 0.15) is 5.51 Å². The van der Waals surface area contributed by atoms with Crippen LogP contribution in [-0.2, 0) is 0 Å². The zero-order valence-electron chi connectivity index (χ0n) is 9.88. The summed E-state index contributed by atoms with van der Waals surface area (Å²) >= 11 is 1.17. The highest BCUT2D eigenvalue weighted by atomic mass is 32.1. The number of aryl methyl sites for hydroxylation is 1. The Labute approximate surface area is 112 Å². The number of carbonyl (C=O) groups is 2. The van der Waals surface area contributed by atoms with Gasteiger partial charge >= 0.3 is 12.0 Å². The molecule has 2 rings (SSSR count). The summed E-state index contributed by atoms with van der Waals surface area (Å²) in [5, 5.41) is 21.6. The minimum absolute atomic E-state index is 0.0346. The summed E-state index contributed by atoms with van der Waals surface area (Å²) in [7, 11) is 0. The van der Waals surface area contributed by atoms with Gasteiger partial charge in [0.15, 0.2) is 0 Å². The smallest absolute Gasteiger partial charge is 0.337 e. The molecule has 0 saturated carbocycles. The molecule has 0 unspecified atom stereocenters. The Morgan fingerprint density at radius 3 is 2.74 bits per heavy atom. The maximum Gasteiger partial charge on any atom is 0.337 e. The summed E-state index contributed by atoms with van der Waals surface area (Å²) in [4.78, 5) is 22.8. The molecule has 3 N–H and O–H groups in total. The largest absolute Gasteiger partial charge is 0.478 e. The van der Waals surface area contributed by atoms with Gasteiger partial charge in [-0.05, 0) is 18.6 Å². The number of anilines is 2. The molecular weight excluding hydrogens is 268 g/mol. The van der Waals surface area contributed by atoms with E-state index in [4.69, 9.17) is 5.11 Å². The lowest BCUT2D eigenvalue weighted by molar-refractivity contribution is 0.0698. The van der Waals surface area contributed by atoms with Crippen LogP contribution in [0.5, 0.6) is 0 Å². The Morgan fingerprint density at radius 2 is 2.11 bits per heavy atom.